The number of rotatable bonds is 8. The molecular weight excluding hydrogens is 332 g/mol. The van der Waals surface area contributed by atoms with Crippen LogP contribution in [-0.4, -0.2) is 20.0 Å². The molecule has 0 radical (unpaired) electrons. The maximum Gasteiger partial charge on any atom is 0.192 e. The first-order chi connectivity index (χ1) is 11.7. The molecule has 1 aromatic carbocycles. The Labute approximate surface area is 151 Å². The lowest BCUT2D eigenvalue weighted by Crippen LogP contribution is -2.40. The molecule has 1 atom stereocenters. The second kappa shape index (κ2) is 8.32. The molecule has 2 aromatic rings. The van der Waals surface area contributed by atoms with Crippen molar-refractivity contribution in [3.05, 3.63) is 59.5 Å². The first-order valence-corrected chi connectivity index (χ1v) is 11.6. The Hall–Kier alpha value is -1.40. The summed E-state index contributed by atoms with van der Waals surface area (Å²) in [5, 5.41) is 10.4. The van der Waals surface area contributed by atoms with Crippen LogP contribution in [0.4, 0.5) is 0 Å². The number of hydrogen-bond donors (Lipinski definition) is 1. The molecule has 0 aliphatic rings. The molecule has 0 aliphatic heterocycles. The summed E-state index contributed by atoms with van der Waals surface area (Å²) in [5.41, 5.74) is 1.08. The van der Waals surface area contributed by atoms with Crippen LogP contribution in [0, 0.1) is 0 Å². The first kappa shape index (κ1) is 19.9. The Kier molecular flexibility index (Phi) is 6.63. The van der Waals surface area contributed by atoms with Crippen molar-refractivity contribution in [2.24, 2.45) is 0 Å². The van der Waals surface area contributed by atoms with Gasteiger partial charge in [0.25, 0.3) is 0 Å². The fraction of sp³-hybridized carbons (Fsp3) is 0.500. The predicted octanol–water partition coefficient (Wildman–Crippen LogP) is 5.05. The summed E-state index contributed by atoms with van der Waals surface area (Å²) >= 11 is 0. The molecule has 0 aliphatic carbocycles. The highest BCUT2D eigenvalue weighted by atomic mass is 28.4. The highest BCUT2D eigenvalue weighted by Gasteiger charge is 2.37. The molecule has 1 N–H and O–H groups in total. The summed E-state index contributed by atoms with van der Waals surface area (Å²) < 4.78 is 17.4. The summed E-state index contributed by atoms with van der Waals surface area (Å²) in [5.74, 6) is 1.25. The molecule has 5 heteroatoms. The van der Waals surface area contributed by atoms with Crippen molar-refractivity contribution in [1.82, 2.24) is 0 Å². The number of benzene rings is 1. The number of ether oxygens (including phenoxy) is 1. The third kappa shape index (κ3) is 5.82. The lowest BCUT2D eigenvalue weighted by molar-refractivity contribution is 0.0162. The van der Waals surface area contributed by atoms with Gasteiger partial charge in [-0.3, -0.25) is 0 Å². The summed E-state index contributed by atoms with van der Waals surface area (Å²) in [4.78, 5) is 0. The third-order valence-electron chi connectivity index (χ3n) is 4.78. The molecule has 4 nitrogen and oxygen atoms in total. The SMILES string of the molecule is CC(C)(C)[Si](C)(C)OCc1ccc(C(O)COCc2ccccc2)o1. The molecule has 0 spiro atoms. The van der Waals surface area contributed by atoms with Gasteiger partial charge in [0.05, 0.1) is 19.8 Å². The summed E-state index contributed by atoms with van der Waals surface area (Å²) in [6, 6.07) is 13.6. The largest absolute Gasteiger partial charge is 0.461 e. The zero-order chi connectivity index (χ0) is 18.5. The lowest BCUT2D eigenvalue weighted by atomic mass is 10.2. The molecule has 1 unspecified atom stereocenters. The van der Waals surface area contributed by atoms with Crippen LogP contribution in [0.25, 0.3) is 0 Å². The van der Waals surface area contributed by atoms with Gasteiger partial charge in [0.15, 0.2) is 8.32 Å². The smallest absolute Gasteiger partial charge is 0.192 e. The van der Waals surface area contributed by atoms with Crippen LogP contribution in [-0.2, 0) is 22.4 Å². The average Bonchev–Trinajstić information content (AvgIpc) is 3.02. The van der Waals surface area contributed by atoms with Crippen molar-refractivity contribution in [3.63, 3.8) is 0 Å². The third-order valence-corrected chi connectivity index (χ3v) is 9.26. The van der Waals surface area contributed by atoms with E-state index in [9.17, 15) is 5.11 Å². The van der Waals surface area contributed by atoms with Crippen molar-refractivity contribution in [2.75, 3.05) is 6.61 Å². The van der Waals surface area contributed by atoms with Gasteiger partial charge in [-0.2, -0.15) is 0 Å². The molecule has 1 aromatic heterocycles. The highest BCUT2D eigenvalue weighted by molar-refractivity contribution is 6.74. The van der Waals surface area contributed by atoms with Gasteiger partial charge in [-0.1, -0.05) is 51.1 Å². The van der Waals surface area contributed by atoms with Crippen molar-refractivity contribution in [2.45, 2.75) is 58.2 Å². The predicted molar refractivity (Wildman–Crippen MR) is 102 cm³/mol. The molecule has 0 saturated heterocycles. The molecule has 138 valence electrons. The van der Waals surface area contributed by atoms with Gasteiger partial charge in [-0.25, -0.2) is 0 Å². The molecule has 0 amide bonds. The van der Waals surface area contributed by atoms with Crippen LogP contribution in [0.5, 0.6) is 0 Å². The second-order valence-electron chi connectivity index (χ2n) is 7.87. The van der Waals surface area contributed by atoms with E-state index in [0.717, 1.165) is 11.3 Å². The number of aliphatic hydroxyl groups excluding tert-OH is 1. The lowest BCUT2D eigenvalue weighted by Gasteiger charge is -2.35. The summed E-state index contributed by atoms with van der Waals surface area (Å²) in [6.07, 6.45) is -0.773. The minimum atomic E-state index is -1.81. The highest BCUT2D eigenvalue weighted by Crippen LogP contribution is 2.37. The fourth-order valence-electron chi connectivity index (χ4n) is 2.06. The second-order valence-corrected chi connectivity index (χ2v) is 12.7. The van der Waals surface area contributed by atoms with Gasteiger partial charge in [0, 0.05) is 0 Å². The van der Waals surface area contributed by atoms with Crippen molar-refractivity contribution in [3.8, 4) is 0 Å². The maximum absolute atomic E-state index is 10.2. The van der Waals surface area contributed by atoms with Crippen molar-refractivity contribution >= 4 is 8.32 Å². The number of aliphatic hydroxyl groups is 1. The first-order valence-electron chi connectivity index (χ1n) is 8.71. The standard InChI is InChI=1S/C20H30O4Si/c1-20(2,3)25(4,5)23-14-17-11-12-19(24-17)18(21)15-22-13-16-9-7-6-8-10-16/h6-12,18,21H,13-15H2,1-5H3. The molecular formula is C20H30O4Si. The monoisotopic (exact) mass is 362 g/mol. The van der Waals surface area contributed by atoms with E-state index in [0.29, 0.717) is 19.0 Å². The van der Waals surface area contributed by atoms with E-state index in [1.165, 1.54) is 0 Å². The Morgan fingerprint density at radius 2 is 1.72 bits per heavy atom. The van der Waals surface area contributed by atoms with Gasteiger partial charge in [-0.15, -0.1) is 0 Å². The molecule has 0 saturated carbocycles. The molecule has 0 fully saturated rings. The zero-order valence-electron chi connectivity index (χ0n) is 15.9. The van der Waals surface area contributed by atoms with E-state index in [2.05, 4.69) is 33.9 Å². The van der Waals surface area contributed by atoms with Gasteiger partial charge in [0.2, 0.25) is 0 Å². The fourth-order valence-corrected chi connectivity index (χ4v) is 3.00. The molecule has 0 bridgehead atoms. The molecule has 1 heterocycles. The Morgan fingerprint density at radius 3 is 2.36 bits per heavy atom. The zero-order valence-corrected chi connectivity index (χ0v) is 16.9. The van der Waals surface area contributed by atoms with E-state index in [1.807, 2.05) is 36.4 Å². The summed E-state index contributed by atoms with van der Waals surface area (Å²) in [6.45, 7) is 12.2. The van der Waals surface area contributed by atoms with Crippen LogP contribution in [0.1, 0.15) is 44.0 Å². The number of furan rings is 1. The maximum atomic E-state index is 10.2. The topological polar surface area (TPSA) is 51.8 Å². The Balaban J connectivity index is 1.81. The van der Waals surface area contributed by atoms with Crippen LogP contribution < -0.4 is 0 Å². The van der Waals surface area contributed by atoms with E-state index in [4.69, 9.17) is 13.6 Å². The van der Waals surface area contributed by atoms with E-state index >= 15 is 0 Å². The van der Waals surface area contributed by atoms with Crippen LogP contribution >= 0.6 is 0 Å². The Bertz CT molecular complexity index is 643. The van der Waals surface area contributed by atoms with E-state index < -0.39 is 14.4 Å². The minimum Gasteiger partial charge on any atom is -0.461 e. The Morgan fingerprint density at radius 1 is 1.04 bits per heavy atom. The summed E-state index contributed by atoms with van der Waals surface area (Å²) in [7, 11) is -1.81. The van der Waals surface area contributed by atoms with Gasteiger partial charge in [-0.05, 0) is 35.8 Å². The minimum absolute atomic E-state index is 0.160. The van der Waals surface area contributed by atoms with Crippen molar-refractivity contribution < 1.29 is 18.7 Å². The van der Waals surface area contributed by atoms with Crippen LogP contribution in [0.2, 0.25) is 18.1 Å². The molecule has 25 heavy (non-hydrogen) atoms. The van der Waals surface area contributed by atoms with Crippen LogP contribution in [0.3, 0.4) is 0 Å². The van der Waals surface area contributed by atoms with Gasteiger partial charge < -0.3 is 18.7 Å². The number of hydrogen-bond acceptors (Lipinski definition) is 4. The van der Waals surface area contributed by atoms with Crippen molar-refractivity contribution in [1.29, 1.82) is 0 Å². The quantitative estimate of drug-likeness (QED) is 0.668. The van der Waals surface area contributed by atoms with Gasteiger partial charge in [0.1, 0.15) is 17.6 Å². The van der Waals surface area contributed by atoms with E-state index in [-0.39, 0.29) is 11.6 Å². The van der Waals surface area contributed by atoms with Crippen LogP contribution in [0.15, 0.2) is 46.9 Å². The molecule has 2 rings (SSSR count). The van der Waals surface area contributed by atoms with Gasteiger partial charge >= 0.3 is 0 Å². The van der Waals surface area contributed by atoms with E-state index in [1.54, 1.807) is 6.07 Å². The normalized spacial score (nSPS) is 13.8. The average molecular weight is 363 g/mol.